The standard InChI is InChI=1S/C25H29N5O2S/c1-5-7-8-13-22-28-30-23(26)19(24(31)27-25(30)33-22)15-18-14-16(3)29(17(18)4)20-11-9-10-12-21(20)32-6-2/h9-12,14-15,26H,5-8,13H2,1-4H3/b19-15+,26-23?. The molecule has 0 saturated heterocycles. The Morgan fingerprint density at radius 1 is 1.18 bits per heavy atom. The zero-order valence-electron chi connectivity index (χ0n) is 19.5. The minimum absolute atomic E-state index is 0.0718. The molecule has 0 radical (unpaired) electrons. The maximum atomic E-state index is 12.8. The minimum atomic E-state index is -0.400. The number of carbonyl (C=O) groups excluding carboxylic acids is 1. The van der Waals surface area contributed by atoms with E-state index in [0.29, 0.717) is 11.8 Å². The van der Waals surface area contributed by atoms with Gasteiger partial charge in [0.15, 0.2) is 5.84 Å². The van der Waals surface area contributed by atoms with Gasteiger partial charge in [-0.05, 0) is 75.2 Å². The number of aryl methyl sites for hydroxylation is 1. The van der Waals surface area contributed by atoms with E-state index in [4.69, 9.17) is 10.1 Å². The number of ether oxygens (including phenoxy) is 1. The number of nitrogens with zero attached hydrogens (tertiary/aromatic N) is 4. The van der Waals surface area contributed by atoms with Crippen molar-refractivity contribution in [2.24, 2.45) is 10.1 Å². The van der Waals surface area contributed by atoms with E-state index >= 15 is 0 Å². The summed E-state index contributed by atoms with van der Waals surface area (Å²) >= 11 is 1.39. The van der Waals surface area contributed by atoms with Gasteiger partial charge in [0.1, 0.15) is 10.8 Å². The molecule has 0 saturated carbocycles. The van der Waals surface area contributed by atoms with Gasteiger partial charge in [0, 0.05) is 11.4 Å². The van der Waals surface area contributed by atoms with Crippen molar-refractivity contribution >= 4 is 39.8 Å². The van der Waals surface area contributed by atoms with E-state index in [1.807, 2.05) is 51.1 Å². The van der Waals surface area contributed by atoms with E-state index in [-0.39, 0.29) is 11.4 Å². The summed E-state index contributed by atoms with van der Waals surface area (Å²) in [5, 5.41) is 16.1. The number of hydrogen-bond donors (Lipinski definition) is 1. The lowest BCUT2D eigenvalue weighted by molar-refractivity contribution is -0.114. The normalized spacial score (nSPS) is 16.8. The zero-order chi connectivity index (χ0) is 23.5. The van der Waals surface area contributed by atoms with Crippen LogP contribution in [-0.4, -0.2) is 38.1 Å². The molecule has 8 heteroatoms. The van der Waals surface area contributed by atoms with Crippen LogP contribution in [0.25, 0.3) is 11.8 Å². The van der Waals surface area contributed by atoms with Gasteiger partial charge in [-0.2, -0.15) is 15.1 Å². The fourth-order valence-electron chi connectivity index (χ4n) is 4.04. The average molecular weight is 464 g/mol. The predicted octanol–water partition coefficient (Wildman–Crippen LogP) is 5.69. The lowest BCUT2D eigenvalue weighted by Gasteiger charge is -2.20. The number of hydrazone groups is 1. The van der Waals surface area contributed by atoms with Crippen LogP contribution >= 0.6 is 11.8 Å². The molecule has 0 bridgehead atoms. The highest BCUT2D eigenvalue weighted by molar-refractivity contribution is 8.26. The SMILES string of the molecule is CCCCCC1=NN2C(=N)/C(=C\c3cc(C)n(-c4ccccc4OCC)c3C)C(=O)N=C2S1. The summed E-state index contributed by atoms with van der Waals surface area (Å²) in [5.74, 6) is 0.474. The van der Waals surface area contributed by atoms with E-state index in [9.17, 15) is 4.79 Å². The first kappa shape index (κ1) is 23.0. The first-order valence-corrected chi connectivity index (χ1v) is 12.2. The summed E-state index contributed by atoms with van der Waals surface area (Å²) < 4.78 is 7.93. The fourth-order valence-corrected chi connectivity index (χ4v) is 4.97. The van der Waals surface area contributed by atoms with Gasteiger partial charge in [0.2, 0.25) is 5.17 Å². The molecule has 3 heterocycles. The smallest absolute Gasteiger partial charge is 0.283 e. The van der Waals surface area contributed by atoms with Crippen LogP contribution < -0.4 is 4.74 Å². The Labute approximate surface area is 198 Å². The van der Waals surface area contributed by atoms with Crippen molar-refractivity contribution in [3.63, 3.8) is 0 Å². The summed E-state index contributed by atoms with van der Waals surface area (Å²) in [4.78, 5) is 17.0. The Morgan fingerprint density at radius 2 is 1.97 bits per heavy atom. The molecule has 0 atom stereocenters. The number of amidine groups is 2. The summed E-state index contributed by atoms with van der Waals surface area (Å²) in [5.41, 5.74) is 4.03. The molecule has 0 fully saturated rings. The van der Waals surface area contributed by atoms with Gasteiger partial charge in [-0.25, -0.2) is 0 Å². The van der Waals surface area contributed by atoms with Gasteiger partial charge in [-0.15, -0.1) is 0 Å². The molecule has 0 aliphatic carbocycles. The Kier molecular flexibility index (Phi) is 6.83. The van der Waals surface area contributed by atoms with E-state index in [0.717, 1.165) is 59.1 Å². The second kappa shape index (κ2) is 9.79. The summed E-state index contributed by atoms with van der Waals surface area (Å²) in [6.45, 7) is 8.73. The molecule has 1 aromatic carbocycles. The highest BCUT2D eigenvalue weighted by Crippen LogP contribution is 2.32. The van der Waals surface area contributed by atoms with Crippen LogP contribution in [0.5, 0.6) is 5.75 Å². The minimum Gasteiger partial charge on any atom is -0.492 e. The van der Waals surface area contributed by atoms with Gasteiger partial charge in [-0.1, -0.05) is 31.9 Å². The maximum Gasteiger partial charge on any atom is 0.283 e. The van der Waals surface area contributed by atoms with Crippen molar-refractivity contribution in [3.8, 4) is 11.4 Å². The molecule has 1 N–H and O–H groups in total. The number of carbonyl (C=O) groups is 1. The molecule has 2 aliphatic heterocycles. The fraction of sp³-hybridized carbons (Fsp3) is 0.360. The van der Waals surface area contributed by atoms with Crippen LogP contribution in [0.4, 0.5) is 0 Å². The second-order valence-electron chi connectivity index (χ2n) is 8.03. The average Bonchev–Trinajstić information content (AvgIpc) is 3.32. The quantitative estimate of drug-likeness (QED) is 0.402. The number of benzene rings is 1. The van der Waals surface area contributed by atoms with E-state index < -0.39 is 5.91 Å². The van der Waals surface area contributed by atoms with Gasteiger partial charge in [-0.3, -0.25) is 10.2 Å². The van der Waals surface area contributed by atoms with Crippen molar-refractivity contribution in [2.45, 2.75) is 53.4 Å². The monoisotopic (exact) mass is 463 g/mol. The van der Waals surface area contributed by atoms with Gasteiger partial charge < -0.3 is 9.30 Å². The molecular formula is C25H29N5O2S. The van der Waals surface area contributed by atoms with Crippen molar-refractivity contribution in [1.82, 2.24) is 9.58 Å². The molecule has 1 amide bonds. The number of thioether (sulfide) groups is 1. The molecule has 0 spiro atoms. The molecule has 2 aliphatic rings. The van der Waals surface area contributed by atoms with Crippen molar-refractivity contribution in [3.05, 3.63) is 52.9 Å². The first-order chi connectivity index (χ1) is 15.9. The largest absolute Gasteiger partial charge is 0.492 e. The van der Waals surface area contributed by atoms with Crippen LogP contribution in [-0.2, 0) is 4.79 Å². The lowest BCUT2D eigenvalue weighted by Crippen LogP contribution is -2.35. The van der Waals surface area contributed by atoms with Crippen LogP contribution in [0, 0.1) is 19.3 Å². The number of hydrogen-bond acceptors (Lipinski definition) is 5. The molecule has 1 aromatic heterocycles. The number of para-hydroxylation sites is 2. The van der Waals surface area contributed by atoms with Crippen molar-refractivity contribution in [1.29, 1.82) is 5.41 Å². The third-order valence-corrected chi connectivity index (χ3v) is 6.63. The number of aliphatic imine (C=N–C) groups is 1. The van der Waals surface area contributed by atoms with Gasteiger partial charge in [0.25, 0.3) is 5.91 Å². The Morgan fingerprint density at radius 3 is 2.73 bits per heavy atom. The molecule has 33 heavy (non-hydrogen) atoms. The second-order valence-corrected chi connectivity index (χ2v) is 9.07. The van der Waals surface area contributed by atoms with E-state index in [2.05, 4.69) is 21.6 Å². The number of rotatable bonds is 8. The molecular weight excluding hydrogens is 434 g/mol. The molecule has 7 nitrogen and oxygen atoms in total. The van der Waals surface area contributed by atoms with Gasteiger partial charge in [0.05, 0.1) is 17.9 Å². The highest BCUT2D eigenvalue weighted by Gasteiger charge is 2.35. The summed E-state index contributed by atoms with van der Waals surface area (Å²) in [7, 11) is 0. The Hall–Kier alpha value is -3.13. The van der Waals surface area contributed by atoms with Crippen molar-refractivity contribution < 1.29 is 9.53 Å². The zero-order valence-corrected chi connectivity index (χ0v) is 20.3. The molecule has 4 rings (SSSR count). The number of unbranched alkanes of at least 4 members (excludes halogenated alkanes) is 2. The van der Waals surface area contributed by atoms with Crippen LogP contribution in [0.2, 0.25) is 0 Å². The first-order valence-electron chi connectivity index (χ1n) is 11.3. The van der Waals surface area contributed by atoms with Crippen molar-refractivity contribution in [2.75, 3.05) is 6.61 Å². The lowest BCUT2D eigenvalue weighted by atomic mass is 10.1. The van der Waals surface area contributed by atoms with E-state index in [1.54, 1.807) is 6.08 Å². The maximum absolute atomic E-state index is 12.8. The third-order valence-electron chi connectivity index (χ3n) is 5.67. The Balaban J connectivity index is 1.66. The van der Waals surface area contributed by atoms with Crippen LogP contribution in [0.15, 0.2) is 46.0 Å². The number of amides is 1. The van der Waals surface area contributed by atoms with Crippen LogP contribution in [0.1, 0.15) is 56.5 Å². The topological polar surface area (TPSA) is 83.0 Å². The summed E-state index contributed by atoms with van der Waals surface area (Å²) in [6.07, 6.45) is 5.91. The van der Waals surface area contributed by atoms with Crippen LogP contribution in [0.3, 0.4) is 0 Å². The number of aromatic nitrogens is 1. The number of nitrogens with one attached hydrogen (secondary N) is 1. The molecule has 0 unspecified atom stereocenters. The van der Waals surface area contributed by atoms with Gasteiger partial charge >= 0.3 is 0 Å². The molecule has 172 valence electrons. The number of fused-ring (bicyclic) bond motifs is 1. The molecule has 2 aromatic rings. The Bertz CT molecular complexity index is 1190. The predicted molar refractivity (Wildman–Crippen MR) is 136 cm³/mol. The highest BCUT2D eigenvalue weighted by atomic mass is 32.2. The van der Waals surface area contributed by atoms with E-state index in [1.165, 1.54) is 16.8 Å². The third kappa shape index (κ3) is 4.53. The summed E-state index contributed by atoms with van der Waals surface area (Å²) in [6, 6.07) is 9.92.